The zero-order valence-electron chi connectivity index (χ0n) is 11.0. The van der Waals surface area contributed by atoms with Crippen LogP contribution < -0.4 is 5.32 Å². The van der Waals surface area contributed by atoms with Crippen molar-refractivity contribution in [3.63, 3.8) is 0 Å². The van der Waals surface area contributed by atoms with E-state index in [1.807, 2.05) is 6.92 Å². The van der Waals surface area contributed by atoms with E-state index in [-0.39, 0.29) is 6.04 Å². The van der Waals surface area contributed by atoms with Crippen LogP contribution in [0.4, 0.5) is 8.78 Å². The standard InChI is InChI=1S/C14H21F2NO/c1-11(17-8-4-3-5-9-18-2)12-6-7-13(15)14(16)10-12/h6-7,10-11,17H,3-5,8-9H2,1-2H3. The molecule has 0 saturated heterocycles. The molecule has 1 rings (SSSR count). The molecule has 0 amide bonds. The third-order valence-corrected chi connectivity index (χ3v) is 2.92. The van der Waals surface area contributed by atoms with E-state index in [0.717, 1.165) is 38.0 Å². The van der Waals surface area contributed by atoms with Crippen molar-refractivity contribution < 1.29 is 13.5 Å². The van der Waals surface area contributed by atoms with E-state index in [9.17, 15) is 8.78 Å². The minimum atomic E-state index is -0.800. The molecule has 0 aliphatic heterocycles. The summed E-state index contributed by atoms with van der Waals surface area (Å²) in [6.45, 7) is 3.60. The molecule has 0 heterocycles. The number of methoxy groups -OCH3 is 1. The molecule has 102 valence electrons. The quantitative estimate of drug-likeness (QED) is 0.720. The Hall–Kier alpha value is -1.00. The smallest absolute Gasteiger partial charge is 0.159 e. The molecular weight excluding hydrogens is 236 g/mol. The number of halogens is 2. The van der Waals surface area contributed by atoms with Crippen molar-refractivity contribution in [2.24, 2.45) is 0 Å². The van der Waals surface area contributed by atoms with Gasteiger partial charge in [0.2, 0.25) is 0 Å². The Kier molecular flexibility index (Phi) is 6.83. The van der Waals surface area contributed by atoms with Crippen LogP contribution in [0.2, 0.25) is 0 Å². The summed E-state index contributed by atoms with van der Waals surface area (Å²) in [5.41, 5.74) is 0.769. The summed E-state index contributed by atoms with van der Waals surface area (Å²) in [6.07, 6.45) is 3.21. The number of hydrogen-bond donors (Lipinski definition) is 1. The Morgan fingerprint density at radius 1 is 1.17 bits per heavy atom. The molecule has 0 fully saturated rings. The van der Waals surface area contributed by atoms with E-state index in [0.29, 0.717) is 0 Å². The summed E-state index contributed by atoms with van der Waals surface area (Å²) >= 11 is 0. The fourth-order valence-corrected chi connectivity index (χ4v) is 1.77. The molecule has 0 spiro atoms. The van der Waals surface area contributed by atoms with Gasteiger partial charge in [0, 0.05) is 19.8 Å². The zero-order chi connectivity index (χ0) is 13.4. The van der Waals surface area contributed by atoms with Crippen molar-refractivity contribution in [3.8, 4) is 0 Å². The number of rotatable bonds is 8. The van der Waals surface area contributed by atoms with Crippen LogP contribution in [-0.2, 0) is 4.74 Å². The van der Waals surface area contributed by atoms with Crippen molar-refractivity contribution in [2.45, 2.75) is 32.2 Å². The van der Waals surface area contributed by atoms with Crippen LogP contribution in [0.5, 0.6) is 0 Å². The summed E-state index contributed by atoms with van der Waals surface area (Å²) in [5.74, 6) is -1.59. The predicted octanol–water partition coefficient (Wildman–Crippen LogP) is 3.43. The second-order valence-corrected chi connectivity index (χ2v) is 4.40. The first-order chi connectivity index (χ1) is 8.65. The number of unbranched alkanes of at least 4 members (excludes halogenated alkanes) is 2. The third kappa shape index (κ3) is 5.10. The van der Waals surface area contributed by atoms with Gasteiger partial charge < -0.3 is 10.1 Å². The first kappa shape index (κ1) is 15.1. The highest BCUT2D eigenvalue weighted by Crippen LogP contribution is 2.15. The average Bonchev–Trinajstić information content (AvgIpc) is 2.36. The molecule has 1 aromatic carbocycles. The lowest BCUT2D eigenvalue weighted by Gasteiger charge is -2.14. The van der Waals surface area contributed by atoms with Gasteiger partial charge in [-0.3, -0.25) is 0 Å². The highest BCUT2D eigenvalue weighted by Gasteiger charge is 2.08. The second kappa shape index (κ2) is 8.16. The van der Waals surface area contributed by atoms with Crippen LogP contribution in [0.15, 0.2) is 18.2 Å². The van der Waals surface area contributed by atoms with Crippen LogP contribution in [0, 0.1) is 11.6 Å². The summed E-state index contributed by atoms with van der Waals surface area (Å²) in [5, 5.41) is 3.29. The molecule has 0 aromatic heterocycles. The van der Waals surface area contributed by atoms with Crippen molar-refractivity contribution in [1.82, 2.24) is 5.32 Å². The largest absolute Gasteiger partial charge is 0.385 e. The van der Waals surface area contributed by atoms with Crippen LogP contribution in [0.3, 0.4) is 0 Å². The lowest BCUT2D eigenvalue weighted by Crippen LogP contribution is -2.20. The first-order valence-electron chi connectivity index (χ1n) is 6.32. The Balaban J connectivity index is 2.27. The fourth-order valence-electron chi connectivity index (χ4n) is 1.77. The topological polar surface area (TPSA) is 21.3 Å². The predicted molar refractivity (Wildman–Crippen MR) is 68.5 cm³/mol. The zero-order valence-corrected chi connectivity index (χ0v) is 11.0. The monoisotopic (exact) mass is 257 g/mol. The summed E-state index contributed by atoms with van der Waals surface area (Å²) in [6, 6.07) is 4.06. The fraction of sp³-hybridized carbons (Fsp3) is 0.571. The molecule has 4 heteroatoms. The Bertz CT molecular complexity index is 358. The SMILES string of the molecule is COCCCCCNC(C)c1ccc(F)c(F)c1. The Morgan fingerprint density at radius 3 is 2.61 bits per heavy atom. The molecular formula is C14H21F2NO. The van der Waals surface area contributed by atoms with E-state index >= 15 is 0 Å². The maximum Gasteiger partial charge on any atom is 0.159 e. The van der Waals surface area contributed by atoms with E-state index in [4.69, 9.17) is 4.74 Å². The Morgan fingerprint density at radius 2 is 1.94 bits per heavy atom. The van der Waals surface area contributed by atoms with Crippen LogP contribution in [-0.4, -0.2) is 20.3 Å². The number of benzene rings is 1. The molecule has 0 saturated carbocycles. The van der Waals surface area contributed by atoms with E-state index < -0.39 is 11.6 Å². The van der Waals surface area contributed by atoms with E-state index in [1.54, 1.807) is 13.2 Å². The third-order valence-electron chi connectivity index (χ3n) is 2.92. The first-order valence-corrected chi connectivity index (χ1v) is 6.32. The summed E-state index contributed by atoms with van der Waals surface area (Å²) < 4.78 is 30.8. The minimum absolute atomic E-state index is 0.0301. The van der Waals surface area contributed by atoms with Gasteiger partial charge in [0.05, 0.1) is 0 Å². The van der Waals surface area contributed by atoms with Gasteiger partial charge in [-0.15, -0.1) is 0 Å². The number of ether oxygens (including phenoxy) is 1. The molecule has 18 heavy (non-hydrogen) atoms. The molecule has 2 nitrogen and oxygen atoms in total. The van der Waals surface area contributed by atoms with Gasteiger partial charge in [0.1, 0.15) is 0 Å². The van der Waals surface area contributed by atoms with Gasteiger partial charge in [-0.1, -0.05) is 6.07 Å². The summed E-state index contributed by atoms with van der Waals surface area (Å²) in [7, 11) is 1.70. The normalized spacial score (nSPS) is 12.7. The van der Waals surface area contributed by atoms with Gasteiger partial charge in [0.15, 0.2) is 11.6 Å². The number of nitrogens with one attached hydrogen (secondary N) is 1. The molecule has 0 aliphatic carbocycles. The molecule has 1 atom stereocenters. The lowest BCUT2D eigenvalue weighted by atomic mass is 10.1. The van der Waals surface area contributed by atoms with Crippen LogP contribution in [0.25, 0.3) is 0 Å². The van der Waals surface area contributed by atoms with Gasteiger partial charge in [-0.05, 0) is 50.4 Å². The van der Waals surface area contributed by atoms with Gasteiger partial charge in [-0.25, -0.2) is 8.78 Å². The van der Waals surface area contributed by atoms with Gasteiger partial charge >= 0.3 is 0 Å². The van der Waals surface area contributed by atoms with Crippen LogP contribution >= 0.6 is 0 Å². The average molecular weight is 257 g/mol. The molecule has 1 N–H and O–H groups in total. The molecule has 1 aromatic rings. The van der Waals surface area contributed by atoms with E-state index in [2.05, 4.69) is 5.32 Å². The Labute approximate surface area is 107 Å². The highest BCUT2D eigenvalue weighted by atomic mass is 19.2. The molecule has 0 aliphatic rings. The second-order valence-electron chi connectivity index (χ2n) is 4.40. The lowest BCUT2D eigenvalue weighted by molar-refractivity contribution is 0.192. The van der Waals surface area contributed by atoms with Crippen molar-refractivity contribution in [2.75, 3.05) is 20.3 Å². The number of hydrogen-bond acceptors (Lipinski definition) is 2. The van der Waals surface area contributed by atoms with E-state index in [1.165, 1.54) is 12.1 Å². The van der Waals surface area contributed by atoms with Crippen molar-refractivity contribution in [1.29, 1.82) is 0 Å². The molecule has 0 bridgehead atoms. The highest BCUT2D eigenvalue weighted by molar-refractivity contribution is 5.20. The maximum absolute atomic E-state index is 13.1. The maximum atomic E-state index is 13.1. The van der Waals surface area contributed by atoms with Gasteiger partial charge in [-0.2, -0.15) is 0 Å². The van der Waals surface area contributed by atoms with Crippen LogP contribution in [0.1, 0.15) is 37.8 Å². The van der Waals surface area contributed by atoms with Crippen molar-refractivity contribution >= 4 is 0 Å². The van der Waals surface area contributed by atoms with Crippen molar-refractivity contribution in [3.05, 3.63) is 35.4 Å². The molecule has 1 unspecified atom stereocenters. The molecule has 0 radical (unpaired) electrons. The van der Waals surface area contributed by atoms with Gasteiger partial charge in [0.25, 0.3) is 0 Å². The summed E-state index contributed by atoms with van der Waals surface area (Å²) in [4.78, 5) is 0. The minimum Gasteiger partial charge on any atom is -0.385 e.